The fraction of sp³-hybridized carbons (Fsp3) is 0.355. The Morgan fingerprint density at radius 2 is 1.57 bits per heavy atom. The maximum atomic E-state index is 13.9. The number of anilines is 1. The van der Waals surface area contributed by atoms with Gasteiger partial charge >= 0.3 is 0 Å². The molecule has 3 rings (SSSR count). The van der Waals surface area contributed by atoms with Crippen molar-refractivity contribution in [2.24, 2.45) is 0 Å². The van der Waals surface area contributed by atoms with Gasteiger partial charge in [-0.05, 0) is 67.3 Å². The highest BCUT2D eigenvalue weighted by Crippen LogP contribution is 2.25. The van der Waals surface area contributed by atoms with Crippen molar-refractivity contribution >= 4 is 62.3 Å². The first-order valence-corrected chi connectivity index (χ1v) is 16.7. The van der Waals surface area contributed by atoms with Crippen LogP contribution in [-0.4, -0.2) is 50.0 Å². The molecule has 0 saturated carbocycles. The number of sulfonamides is 1. The minimum absolute atomic E-state index is 0.00667. The van der Waals surface area contributed by atoms with Crippen molar-refractivity contribution in [1.29, 1.82) is 0 Å². The van der Waals surface area contributed by atoms with E-state index in [2.05, 4.69) is 5.32 Å². The van der Waals surface area contributed by atoms with E-state index in [0.717, 1.165) is 18.2 Å². The molecule has 3 aromatic rings. The lowest BCUT2D eigenvalue weighted by atomic mass is 10.0. The molecule has 2 amide bonds. The van der Waals surface area contributed by atoms with Crippen molar-refractivity contribution in [3.63, 3.8) is 0 Å². The summed E-state index contributed by atoms with van der Waals surface area (Å²) in [5.74, 6) is -0.573. The third-order valence-corrected chi connectivity index (χ3v) is 8.93. The maximum absolute atomic E-state index is 13.9. The van der Waals surface area contributed by atoms with E-state index in [1.165, 1.54) is 9.21 Å². The summed E-state index contributed by atoms with van der Waals surface area (Å²) in [4.78, 5) is 29.1. The Balaban J connectivity index is 1.91. The molecule has 0 radical (unpaired) electrons. The molecule has 2 atom stereocenters. The van der Waals surface area contributed by atoms with Crippen LogP contribution in [0.15, 0.2) is 72.8 Å². The molecule has 0 aliphatic heterocycles. The molecule has 0 saturated heterocycles. The van der Waals surface area contributed by atoms with Gasteiger partial charge in [0.1, 0.15) is 6.04 Å². The van der Waals surface area contributed by atoms with Gasteiger partial charge in [0, 0.05) is 47.0 Å². The summed E-state index contributed by atoms with van der Waals surface area (Å²) in [5, 5.41) is 4.35. The Bertz CT molecular complexity index is 1450. The van der Waals surface area contributed by atoms with Crippen LogP contribution in [0, 0.1) is 0 Å². The van der Waals surface area contributed by atoms with E-state index >= 15 is 0 Å². The Labute approximate surface area is 263 Å². The minimum atomic E-state index is -3.62. The number of rotatable bonds is 14. The van der Waals surface area contributed by atoms with Crippen molar-refractivity contribution in [3.05, 3.63) is 99.0 Å². The van der Waals surface area contributed by atoms with Gasteiger partial charge in [-0.1, -0.05) is 78.1 Å². The molecule has 0 aliphatic rings. The van der Waals surface area contributed by atoms with E-state index in [0.29, 0.717) is 32.7 Å². The van der Waals surface area contributed by atoms with Gasteiger partial charge in [0.2, 0.25) is 21.8 Å². The van der Waals surface area contributed by atoms with Gasteiger partial charge in [-0.3, -0.25) is 13.9 Å². The standard InChI is InChI=1S/C31H36Cl3N3O4S/c1-4-22(2)35-31(39)29(19-23-9-6-5-7-10-23)36(21-24-12-13-26(33)20-28(24)34)30(38)11-8-18-37(42(3,40)41)27-16-14-25(32)15-17-27/h5-7,9-10,12-17,20,22,29H,4,8,11,18-19,21H2,1-3H3,(H,35,39)/t22-,29+/m1/s1. The molecule has 3 aromatic carbocycles. The molecule has 0 aromatic heterocycles. The predicted molar refractivity (Wildman–Crippen MR) is 172 cm³/mol. The summed E-state index contributed by atoms with van der Waals surface area (Å²) in [6.45, 7) is 4.04. The van der Waals surface area contributed by atoms with Gasteiger partial charge in [-0.2, -0.15) is 0 Å². The predicted octanol–water partition coefficient (Wildman–Crippen LogP) is 6.75. The van der Waals surface area contributed by atoms with E-state index in [-0.39, 0.29) is 43.8 Å². The fourth-order valence-corrected chi connectivity index (χ4v) is 6.00. The fourth-order valence-electron chi connectivity index (χ4n) is 4.44. The van der Waals surface area contributed by atoms with Gasteiger partial charge < -0.3 is 10.2 Å². The number of hydrogen-bond acceptors (Lipinski definition) is 4. The maximum Gasteiger partial charge on any atom is 0.243 e. The molecular weight excluding hydrogens is 617 g/mol. The number of halogens is 3. The molecule has 226 valence electrons. The van der Waals surface area contributed by atoms with Crippen LogP contribution in [0.4, 0.5) is 5.69 Å². The number of nitrogens with zero attached hydrogens (tertiary/aromatic N) is 2. The van der Waals surface area contributed by atoms with E-state index in [1.807, 2.05) is 44.2 Å². The van der Waals surface area contributed by atoms with Crippen molar-refractivity contribution in [1.82, 2.24) is 10.2 Å². The third-order valence-electron chi connectivity index (χ3n) is 6.89. The van der Waals surface area contributed by atoms with Crippen LogP contribution >= 0.6 is 34.8 Å². The van der Waals surface area contributed by atoms with Crippen LogP contribution in [0.25, 0.3) is 0 Å². The quantitative estimate of drug-likeness (QED) is 0.209. The number of nitrogens with one attached hydrogen (secondary N) is 1. The first kappa shape index (κ1) is 33.7. The average molecular weight is 653 g/mol. The summed E-state index contributed by atoms with van der Waals surface area (Å²) in [6, 6.07) is 20.1. The number of benzene rings is 3. The Morgan fingerprint density at radius 3 is 2.17 bits per heavy atom. The largest absolute Gasteiger partial charge is 0.352 e. The van der Waals surface area contributed by atoms with Crippen molar-refractivity contribution in [2.45, 2.75) is 58.2 Å². The SMILES string of the molecule is CC[C@@H](C)NC(=O)[C@H](Cc1ccccc1)N(Cc1ccc(Cl)cc1Cl)C(=O)CCCN(c1ccc(Cl)cc1)S(C)(=O)=O. The van der Waals surface area contributed by atoms with Crippen LogP contribution in [0.2, 0.25) is 15.1 Å². The minimum Gasteiger partial charge on any atom is -0.352 e. The molecule has 0 spiro atoms. The van der Waals surface area contributed by atoms with E-state index in [1.54, 1.807) is 42.5 Å². The topological polar surface area (TPSA) is 86.8 Å². The molecule has 11 heteroatoms. The Hall–Kier alpha value is -2.78. The molecular formula is C31H36Cl3N3O4S. The first-order chi connectivity index (χ1) is 19.9. The van der Waals surface area contributed by atoms with Gasteiger partial charge in [0.05, 0.1) is 11.9 Å². The van der Waals surface area contributed by atoms with Gasteiger partial charge in [-0.15, -0.1) is 0 Å². The van der Waals surface area contributed by atoms with Crippen LogP contribution in [-0.2, 0) is 32.6 Å². The average Bonchev–Trinajstić information content (AvgIpc) is 2.94. The lowest BCUT2D eigenvalue weighted by Crippen LogP contribution is -2.52. The monoisotopic (exact) mass is 651 g/mol. The van der Waals surface area contributed by atoms with E-state index in [9.17, 15) is 18.0 Å². The van der Waals surface area contributed by atoms with E-state index in [4.69, 9.17) is 34.8 Å². The highest BCUT2D eigenvalue weighted by Gasteiger charge is 2.31. The van der Waals surface area contributed by atoms with Crippen LogP contribution in [0.1, 0.15) is 44.2 Å². The molecule has 1 N–H and O–H groups in total. The second-order valence-corrected chi connectivity index (χ2v) is 13.4. The second kappa shape index (κ2) is 15.6. The zero-order valence-corrected chi connectivity index (χ0v) is 27.0. The molecule has 0 aliphatic carbocycles. The Morgan fingerprint density at radius 1 is 0.929 bits per heavy atom. The van der Waals surface area contributed by atoms with Gasteiger partial charge in [0.15, 0.2) is 0 Å². The highest BCUT2D eigenvalue weighted by atomic mass is 35.5. The molecule has 0 fully saturated rings. The van der Waals surface area contributed by atoms with Crippen molar-refractivity contribution in [3.8, 4) is 0 Å². The van der Waals surface area contributed by atoms with Crippen LogP contribution in [0.5, 0.6) is 0 Å². The van der Waals surface area contributed by atoms with Crippen LogP contribution < -0.4 is 9.62 Å². The van der Waals surface area contributed by atoms with Gasteiger partial charge in [0.25, 0.3) is 0 Å². The molecule has 0 unspecified atom stereocenters. The number of carbonyl (C=O) groups excluding carboxylic acids is 2. The smallest absolute Gasteiger partial charge is 0.243 e. The summed E-state index contributed by atoms with van der Waals surface area (Å²) in [5.41, 5.74) is 1.99. The first-order valence-electron chi connectivity index (χ1n) is 13.7. The Kier molecular flexibility index (Phi) is 12.5. The summed E-state index contributed by atoms with van der Waals surface area (Å²) in [6.07, 6.45) is 2.37. The number of hydrogen-bond donors (Lipinski definition) is 1. The number of carbonyl (C=O) groups is 2. The normalized spacial score (nSPS) is 12.8. The molecule has 42 heavy (non-hydrogen) atoms. The molecule has 0 heterocycles. The van der Waals surface area contributed by atoms with Crippen molar-refractivity contribution < 1.29 is 18.0 Å². The summed E-state index contributed by atoms with van der Waals surface area (Å²) < 4.78 is 26.4. The second-order valence-electron chi connectivity index (χ2n) is 10.2. The van der Waals surface area contributed by atoms with Crippen molar-refractivity contribution in [2.75, 3.05) is 17.1 Å². The lowest BCUT2D eigenvalue weighted by molar-refractivity contribution is -0.141. The van der Waals surface area contributed by atoms with Gasteiger partial charge in [-0.25, -0.2) is 8.42 Å². The lowest BCUT2D eigenvalue weighted by Gasteiger charge is -2.33. The third kappa shape index (κ3) is 9.90. The highest BCUT2D eigenvalue weighted by molar-refractivity contribution is 7.92. The summed E-state index contributed by atoms with van der Waals surface area (Å²) >= 11 is 18.6. The zero-order chi connectivity index (χ0) is 30.9. The zero-order valence-electron chi connectivity index (χ0n) is 23.9. The molecule has 0 bridgehead atoms. The number of amides is 2. The summed E-state index contributed by atoms with van der Waals surface area (Å²) in [7, 11) is -3.62. The molecule has 7 nitrogen and oxygen atoms in total. The van der Waals surface area contributed by atoms with E-state index < -0.39 is 16.1 Å². The van der Waals surface area contributed by atoms with Crippen LogP contribution in [0.3, 0.4) is 0 Å².